The molecule has 1 aliphatic rings. The summed E-state index contributed by atoms with van der Waals surface area (Å²) in [6.45, 7) is 12.8. The number of ether oxygens (including phenoxy) is 1. The van der Waals surface area contributed by atoms with Crippen molar-refractivity contribution in [3.05, 3.63) is 18.0 Å². The highest BCUT2D eigenvalue weighted by molar-refractivity contribution is 5.11. The summed E-state index contributed by atoms with van der Waals surface area (Å²) >= 11 is 0. The predicted octanol–water partition coefficient (Wildman–Crippen LogP) is 3.32. The van der Waals surface area contributed by atoms with Gasteiger partial charge in [0, 0.05) is 42.4 Å². The van der Waals surface area contributed by atoms with Crippen molar-refractivity contribution in [2.45, 2.75) is 65.1 Å². The molecule has 1 aliphatic heterocycles. The van der Waals surface area contributed by atoms with Crippen LogP contribution in [-0.4, -0.2) is 28.5 Å². The van der Waals surface area contributed by atoms with E-state index in [0.29, 0.717) is 12.0 Å². The second kappa shape index (κ2) is 6.27. The lowest BCUT2D eigenvalue weighted by Gasteiger charge is -2.33. The average molecular weight is 279 g/mol. The normalized spacial score (nSPS) is 24.3. The number of hydrogen-bond donors (Lipinski definition) is 1. The standard InChI is InChI=1S/C16H29N3O/c1-12(2)19-11-14(10-18-19)15-13(7-6-8-20-15)9-17-16(3,4)5/h10-13,15,17H,6-9H2,1-5H3. The van der Waals surface area contributed by atoms with Crippen molar-refractivity contribution in [3.63, 3.8) is 0 Å². The minimum Gasteiger partial charge on any atom is -0.373 e. The van der Waals surface area contributed by atoms with Crippen LogP contribution in [0.4, 0.5) is 0 Å². The molecule has 114 valence electrons. The van der Waals surface area contributed by atoms with E-state index in [2.05, 4.69) is 51.2 Å². The highest BCUT2D eigenvalue weighted by Crippen LogP contribution is 2.33. The minimum atomic E-state index is 0.157. The van der Waals surface area contributed by atoms with Gasteiger partial charge in [-0.15, -0.1) is 0 Å². The van der Waals surface area contributed by atoms with Gasteiger partial charge in [0.05, 0.1) is 12.3 Å². The Morgan fingerprint density at radius 2 is 2.20 bits per heavy atom. The van der Waals surface area contributed by atoms with Crippen LogP contribution in [0.15, 0.2) is 12.4 Å². The molecule has 1 aromatic rings. The molecule has 0 saturated carbocycles. The Labute approximate surface area is 122 Å². The molecule has 2 atom stereocenters. The Bertz CT molecular complexity index is 420. The van der Waals surface area contributed by atoms with Gasteiger partial charge in [-0.3, -0.25) is 4.68 Å². The molecule has 20 heavy (non-hydrogen) atoms. The molecule has 0 aromatic carbocycles. The van der Waals surface area contributed by atoms with Crippen molar-refractivity contribution in [2.75, 3.05) is 13.2 Å². The molecule has 0 amide bonds. The van der Waals surface area contributed by atoms with E-state index in [-0.39, 0.29) is 11.6 Å². The van der Waals surface area contributed by atoms with Gasteiger partial charge in [-0.05, 0) is 47.5 Å². The van der Waals surface area contributed by atoms with Crippen LogP contribution in [0.1, 0.15) is 65.2 Å². The summed E-state index contributed by atoms with van der Waals surface area (Å²) in [5, 5.41) is 8.06. The number of nitrogens with one attached hydrogen (secondary N) is 1. The smallest absolute Gasteiger partial charge is 0.0895 e. The molecule has 0 aliphatic carbocycles. The lowest BCUT2D eigenvalue weighted by Crippen LogP contribution is -2.41. The molecule has 0 spiro atoms. The molecule has 2 unspecified atom stereocenters. The summed E-state index contributed by atoms with van der Waals surface area (Å²) in [5.74, 6) is 0.535. The third-order valence-electron chi connectivity index (χ3n) is 3.82. The first-order chi connectivity index (χ1) is 9.37. The Hall–Kier alpha value is -0.870. The summed E-state index contributed by atoms with van der Waals surface area (Å²) in [6.07, 6.45) is 6.68. The molecule has 1 N–H and O–H groups in total. The number of aromatic nitrogens is 2. The molecule has 2 heterocycles. The Kier molecular flexibility index (Phi) is 4.86. The van der Waals surface area contributed by atoms with Gasteiger partial charge < -0.3 is 10.1 Å². The lowest BCUT2D eigenvalue weighted by molar-refractivity contribution is -0.0293. The maximum absolute atomic E-state index is 6.04. The fourth-order valence-electron chi connectivity index (χ4n) is 2.64. The Balaban J connectivity index is 2.05. The Morgan fingerprint density at radius 3 is 2.80 bits per heavy atom. The topological polar surface area (TPSA) is 39.1 Å². The molecule has 2 rings (SSSR count). The summed E-state index contributed by atoms with van der Waals surface area (Å²) in [4.78, 5) is 0. The third-order valence-corrected chi connectivity index (χ3v) is 3.82. The number of nitrogens with zero attached hydrogens (tertiary/aromatic N) is 2. The van der Waals surface area contributed by atoms with E-state index in [9.17, 15) is 0 Å². The summed E-state index contributed by atoms with van der Waals surface area (Å²) in [7, 11) is 0. The van der Waals surface area contributed by atoms with Crippen LogP contribution in [0.2, 0.25) is 0 Å². The van der Waals surface area contributed by atoms with Gasteiger partial charge in [0.15, 0.2) is 0 Å². The van der Waals surface area contributed by atoms with E-state index in [1.807, 2.05) is 10.9 Å². The van der Waals surface area contributed by atoms with E-state index in [1.54, 1.807) is 0 Å². The molecule has 0 bridgehead atoms. The van der Waals surface area contributed by atoms with Gasteiger partial charge in [0.25, 0.3) is 0 Å². The van der Waals surface area contributed by atoms with Crippen molar-refractivity contribution in [1.29, 1.82) is 0 Å². The van der Waals surface area contributed by atoms with Crippen molar-refractivity contribution in [2.24, 2.45) is 5.92 Å². The summed E-state index contributed by atoms with van der Waals surface area (Å²) in [5.41, 5.74) is 1.38. The first-order valence-corrected chi connectivity index (χ1v) is 7.77. The van der Waals surface area contributed by atoms with Gasteiger partial charge in [-0.1, -0.05) is 0 Å². The van der Waals surface area contributed by atoms with E-state index < -0.39 is 0 Å². The minimum absolute atomic E-state index is 0.157. The lowest BCUT2D eigenvalue weighted by atomic mass is 9.90. The molecule has 4 heteroatoms. The van der Waals surface area contributed by atoms with Gasteiger partial charge in [0.2, 0.25) is 0 Å². The van der Waals surface area contributed by atoms with E-state index >= 15 is 0 Å². The van der Waals surface area contributed by atoms with Gasteiger partial charge in [-0.25, -0.2) is 0 Å². The largest absolute Gasteiger partial charge is 0.373 e. The number of rotatable bonds is 4. The second-order valence-electron chi connectivity index (χ2n) is 7.17. The zero-order valence-electron chi connectivity index (χ0n) is 13.5. The quantitative estimate of drug-likeness (QED) is 0.919. The molecular formula is C16H29N3O. The van der Waals surface area contributed by atoms with Gasteiger partial charge >= 0.3 is 0 Å². The van der Waals surface area contributed by atoms with Crippen molar-refractivity contribution < 1.29 is 4.74 Å². The summed E-state index contributed by atoms with van der Waals surface area (Å²) < 4.78 is 8.06. The van der Waals surface area contributed by atoms with Crippen LogP contribution in [0.3, 0.4) is 0 Å². The van der Waals surface area contributed by atoms with Gasteiger partial charge in [-0.2, -0.15) is 5.10 Å². The van der Waals surface area contributed by atoms with Crippen LogP contribution in [0.25, 0.3) is 0 Å². The Morgan fingerprint density at radius 1 is 1.45 bits per heavy atom. The van der Waals surface area contributed by atoms with Crippen LogP contribution in [0.5, 0.6) is 0 Å². The van der Waals surface area contributed by atoms with E-state index in [4.69, 9.17) is 4.74 Å². The van der Waals surface area contributed by atoms with Gasteiger partial charge in [0.1, 0.15) is 0 Å². The monoisotopic (exact) mass is 279 g/mol. The maximum atomic E-state index is 6.04. The average Bonchev–Trinajstić information content (AvgIpc) is 2.85. The first-order valence-electron chi connectivity index (χ1n) is 7.77. The maximum Gasteiger partial charge on any atom is 0.0895 e. The molecular weight excluding hydrogens is 250 g/mol. The molecule has 1 aromatic heterocycles. The first kappa shape index (κ1) is 15.5. The number of hydrogen-bond acceptors (Lipinski definition) is 3. The molecule has 0 radical (unpaired) electrons. The van der Waals surface area contributed by atoms with E-state index in [0.717, 1.165) is 19.6 Å². The fourth-order valence-corrected chi connectivity index (χ4v) is 2.64. The fraction of sp³-hybridized carbons (Fsp3) is 0.812. The van der Waals surface area contributed by atoms with Crippen molar-refractivity contribution in [3.8, 4) is 0 Å². The zero-order valence-corrected chi connectivity index (χ0v) is 13.5. The van der Waals surface area contributed by atoms with Crippen LogP contribution in [0, 0.1) is 5.92 Å². The highest BCUT2D eigenvalue weighted by atomic mass is 16.5. The molecule has 1 fully saturated rings. The SMILES string of the molecule is CC(C)n1cc(C2OCCCC2CNC(C)(C)C)cn1. The zero-order chi connectivity index (χ0) is 14.8. The highest BCUT2D eigenvalue weighted by Gasteiger charge is 2.29. The predicted molar refractivity (Wildman–Crippen MR) is 81.8 cm³/mol. The second-order valence-corrected chi connectivity index (χ2v) is 7.17. The van der Waals surface area contributed by atoms with Crippen LogP contribution >= 0.6 is 0 Å². The van der Waals surface area contributed by atoms with E-state index in [1.165, 1.54) is 12.0 Å². The molecule has 1 saturated heterocycles. The summed E-state index contributed by atoms with van der Waals surface area (Å²) in [6, 6.07) is 0.401. The van der Waals surface area contributed by atoms with Crippen molar-refractivity contribution >= 4 is 0 Å². The van der Waals surface area contributed by atoms with Crippen LogP contribution in [-0.2, 0) is 4.74 Å². The third kappa shape index (κ3) is 4.06. The van der Waals surface area contributed by atoms with Crippen molar-refractivity contribution in [1.82, 2.24) is 15.1 Å². The molecule has 4 nitrogen and oxygen atoms in total. The van der Waals surface area contributed by atoms with Crippen LogP contribution < -0.4 is 5.32 Å².